The van der Waals surface area contributed by atoms with Crippen LogP contribution in [-0.4, -0.2) is 14.7 Å². The lowest BCUT2D eigenvalue weighted by Gasteiger charge is -2.04. The normalized spacial score (nSPS) is 10.2. The number of phenolic OH excluding ortho intramolecular Hbond substituents is 1. The highest BCUT2D eigenvalue weighted by atomic mass is 79.9. The number of aromatic hydroxyl groups is 1. The molecule has 1 aromatic carbocycles. The first-order chi connectivity index (χ1) is 7.25. The molecule has 15 heavy (non-hydrogen) atoms. The molecule has 4 nitrogen and oxygen atoms in total. The molecule has 2 rings (SSSR count). The minimum Gasteiger partial charge on any atom is -0.507 e. The zero-order valence-corrected chi connectivity index (χ0v) is 10.0. The maximum absolute atomic E-state index is 9.31. The highest BCUT2D eigenvalue weighted by molar-refractivity contribution is 9.10. The van der Waals surface area contributed by atoms with Gasteiger partial charge < -0.3 is 10.4 Å². The summed E-state index contributed by atoms with van der Waals surface area (Å²) in [5.41, 5.74) is 1.08. The van der Waals surface area contributed by atoms with Gasteiger partial charge in [-0.1, -0.05) is 10.6 Å². The van der Waals surface area contributed by atoms with Crippen molar-refractivity contribution in [1.82, 2.24) is 9.59 Å². The van der Waals surface area contributed by atoms with Crippen LogP contribution in [-0.2, 0) is 6.54 Å². The molecule has 0 saturated carbocycles. The average Bonchev–Trinajstić information content (AvgIpc) is 2.73. The smallest absolute Gasteiger partial charge is 0.130 e. The van der Waals surface area contributed by atoms with E-state index in [1.807, 2.05) is 12.1 Å². The molecule has 78 valence electrons. The first-order valence-electron chi connectivity index (χ1n) is 4.24. The highest BCUT2D eigenvalue weighted by Crippen LogP contribution is 2.24. The van der Waals surface area contributed by atoms with Crippen LogP contribution in [0.25, 0.3) is 0 Å². The molecule has 0 saturated heterocycles. The van der Waals surface area contributed by atoms with Crippen LogP contribution in [0, 0.1) is 0 Å². The molecule has 1 aromatic heterocycles. The Hall–Kier alpha value is -1.14. The molecule has 0 unspecified atom stereocenters. The molecule has 1 heterocycles. The lowest BCUT2D eigenvalue weighted by molar-refractivity contribution is 0.471. The van der Waals surface area contributed by atoms with E-state index >= 15 is 0 Å². The van der Waals surface area contributed by atoms with E-state index in [4.69, 9.17) is 0 Å². The van der Waals surface area contributed by atoms with E-state index in [1.165, 1.54) is 11.5 Å². The number of nitrogens with one attached hydrogen (secondary N) is 1. The predicted molar refractivity (Wildman–Crippen MR) is 63.0 cm³/mol. The van der Waals surface area contributed by atoms with Crippen LogP contribution >= 0.6 is 27.5 Å². The highest BCUT2D eigenvalue weighted by Gasteiger charge is 2.00. The summed E-state index contributed by atoms with van der Waals surface area (Å²) in [5, 5.41) is 17.1. The third kappa shape index (κ3) is 2.66. The molecule has 0 amide bonds. The Bertz CT molecular complexity index is 447. The standard InChI is InChI=1S/C9H8BrN3OS/c10-7-3-6(1-2-8(7)14)4-11-9-5-12-13-15-9/h1-3,5,11,14H,4H2. The first-order valence-corrected chi connectivity index (χ1v) is 5.81. The number of phenols is 1. The molecule has 0 fully saturated rings. The Labute approximate surface area is 99.3 Å². The van der Waals surface area contributed by atoms with Gasteiger partial charge in [0, 0.05) is 18.1 Å². The summed E-state index contributed by atoms with van der Waals surface area (Å²) in [6.45, 7) is 0.683. The second kappa shape index (κ2) is 4.59. The van der Waals surface area contributed by atoms with Crippen molar-refractivity contribution in [3.63, 3.8) is 0 Å². The maximum Gasteiger partial charge on any atom is 0.130 e. The van der Waals surface area contributed by atoms with Crippen molar-refractivity contribution in [3.8, 4) is 5.75 Å². The van der Waals surface area contributed by atoms with E-state index in [2.05, 4.69) is 30.8 Å². The van der Waals surface area contributed by atoms with Crippen molar-refractivity contribution in [1.29, 1.82) is 0 Å². The van der Waals surface area contributed by atoms with Gasteiger partial charge in [-0.15, -0.1) is 5.10 Å². The molecule has 0 aliphatic carbocycles. The lowest BCUT2D eigenvalue weighted by Crippen LogP contribution is -1.97. The fraction of sp³-hybridized carbons (Fsp3) is 0.111. The summed E-state index contributed by atoms with van der Waals surface area (Å²) in [5.74, 6) is 0.248. The second-order valence-electron chi connectivity index (χ2n) is 2.92. The van der Waals surface area contributed by atoms with Gasteiger partial charge in [-0.3, -0.25) is 0 Å². The van der Waals surface area contributed by atoms with Crippen LogP contribution in [0.2, 0.25) is 0 Å². The number of nitrogens with zero attached hydrogens (tertiary/aromatic N) is 2. The Balaban J connectivity index is 2.02. The van der Waals surface area contributed by atoms with Crippen LogP contribution in [0.5, 0.6) is 5.75 Å². The monoisotopic (exact) mass is 285 g/mol. The number of benzene rings is 1. The van der Waals surface area contributed by atoms with Crippen LogP contribution < -0.4 is 5.32 Å². The van der Waals surface area contributed by atoms with E-state index in [1.54, 1.807) is 12.3 Å². The zero-order valence-electron chi connectivity index (χ0n) is 7.64. The van der Waals surface area contributed by atoms with Crippen molar-refractivity contribution >= 4 is 32.5 Å². The Morgan fingerprint density at radius 2 is 2.33 bits per heavy atom. The van der Waals surface area contributed by atoms with Crippen molar-refractivity contribution < 1.29 is 5.11 Å². The van der Waals surface area contributed by atoms with Crippen LogP contribution in [0.15, 0.2) is 28.9 Å². The van der Waals surface area contributed by atoms with Gasteiger partial charge >= 0.3 is 0 Å². The Morgan fingerprint density at radius 3 is 3.00 bits per heavy atom. The number of aromatic nitrogens is 2. The molecule has 0 atom stereocenters. The van der Waals surface area contributed by atoms with Gasteiger partial charge in [-0.05, 0) is 33.6 Å². The van der Waals surface area contributed by atoms with Crippen molar-refractivity contribution in [2.75, 3.05) is 5.32 Å². The summed E-state index contributed by atoms with van der Waals surface area (Å²) in [7, 11) is 0. The molecule has 0 radical (unpaired) electrons. The van der Waals surface area contributed by atoms with Gasteiger partial charge in [0.25, 0.3) is 0 Å². The molecular weight excluding hydrogens is 278 g/mol. The SMILES string of the molecule is Oc1ccc(CNc2cnns2)cc1Br. The zero-order chi connectivity index (χ0) is 10.7. The van der Waals surface area contributed by atoms with E-state index in [0.717, 1.165) is 10.6 Å². The first kappa shape index (κ1) is 10.4. The van der Waals surface area contributed by atoms with Crippen LogP contribution in [0.1, 0.15) is 5.56 Å². The summed E-state index contributed by atoms with van der Waals surface area (Å²) in [4.78, 5) is 0. The largest absolute Gasteiger partial charge is 0.507 e. The number of hydrogen-bond acceptors (Lipinski definition) is 5. The fourth-order valence-corrected chi connectivity index (χ4v) is 1.93. The summed E-state index contributed by atoms with van der Waals surface area (Å²) in [6.07, 6.45) is 1.68. The third-order valence-electron chi connectivity index (χ3n) is 1.84. The minimum absolute atomic E-state index is 0.248. The van der Waals surface area contributed by atoms with Crippen molar-refractivity contribution in [3.05, 3.63) is 34.4 Å². The van der Waals surface area contributed by atoms with Crippen molar-refractivity contribution in [2.45, 2.75) is 6.54 Å². The molecule has 0 aliphatic heterocycles. The molecule has 0 spiro atoms. The molecule has 6 heteroatoms. The van der Waals surface area contributed by atoms with E-state index < -0.39 is 0 Å². The van der Waals surface area contributed by atoms with Gasteiger partial charge in [-0.25, -0.2) is 0 Å². The molecule has 2 aromatic rings. The Morgan fingerprint density at radius 1 is 1.47 bits per heavy atom. The number of hydrogen-bond donors (Lipinski definition) is 2. The third-order valence-corrected chi connectivity index (χ3v) is 3.10. The van der Waals surface area contributed by atoms with Crippen LogP contribution in [0.3, 0.4) is 0 Å². The van der Waals surface area contributed by atoms with Gasteiger partial charge in [0.2, 0.25) is 0 Å². The summed E-state index contributed by atoms with van der Waals surface area (Å²) in [6, 6.07) is 5.39. The minimum atomic E-state index is 0.248. The predicted octanol–water partition coefficient (Wildman–Crippen LogP) is 2.62. The van der Waals surface area contributed by atoms with E-state index in [-0.39, 0.29) is 5.75 Å². The van der Waals surface area contributed by atoms with E-state index in [9.17, 15) is 5.11 Å². The summed E-state index contributed by atoms with van der Waals surface area (Å²) >= 11 is 4.58. The van der Waals surface area contributed by atoms with Crippen molar-refractivity contribution in [2.24, 2.45) is 0 Å². The quantitative estimate of drug-likeness (QED) is 0.910. The number of anilines is 1. The maximum atomic E-state index is 9.31. The van der Waals surface area contributed by atoms with Gasteiger partial charge in [0.05, 0.1) is 10.7 Å². The fourth-order valence-electron chi connectivity index (χ4n) is 1.09. The van der Waals surface area contributed by atoms with Crippen LogP contribution in [0.4, 0.5) is 5.00 Å². The lowest BCUT2D eigenvalue weighted by atomic mass is 10.2. The van der Waals surface area contributed by atoms with Gasteiger partial charge in [0.15, 0.2) is 0 Å². The molecule has 0 aliphatic rings. The molecule has 2 N–H and O–H groups in total. The number of halogens is 1. The number of rotatable bonds is 3. The van der Waals surface area contributed by atoms with Gasteiger partial charge in [-0.2, -0.15) is 0 Å². The molecule has 0 bridgehead atoms. The van der Waals surface area contributed by atoms with Gasteiger partial charge in [0.1, 0.15) is 10.8 Å². The van der Waals surface area contributed by atoms with E-state index in [0.29, 0.717) is 11.0 Å². The topological polar surface area (TPSA) is 58.0 Å². The average molecular weight is 286 g/mol. The second-order valence-corrected chi connectivity index (χ2v) is 4.56. The summed E-state index contributed by atoms with van der Waals surface area (Å²) < 4.78 is 4.44. The molecular formula is C9H8BrN3OS. The Kier molecular flexibility index (Phi) is 3.17.